The third-order valence-corrected chi connectivity index (χ3v) is 4.67. The van der Waals surface area contributed by atoms with Gasteiger partial charge in [-0.15, -0.1) is 0 Å². The Balaban J connectivity index is 1.56. The van der Waals surface area contributed by atoms with E-state index >= 15 is 0 Å². The van der Waals surface area contributed by atoms with Gasteiger partial charge in [0.2, 0.25) is 0 Å². The number of aryl methyl sites for hydroxylation is 1. The molecule has 1 unspecified atom stereocenters. The summed E-state index contributed by atoms with van der Waals surface area (Å²) in [6, 6.07) is 20.5. The summed E-state index contributed by atoms with van der Waals surface area (Å²) in [6.07, 6.45) is -3.22. The number of hydrogen-bond donors (Lipinski definition) is 1. The van der Waals surface area contributed by atoms with Crippen LogP contribution in [0.5, 0.6) is 0 Å². The van der Waals surface area contributed by atoms with Gasteiger partial charge in [0.1, 0.15) is 0 Å². The molecule has 1 N–H and O–H groups in total. The van der Waals surface area contributed by atoms with Gasteiger partial charge >= 0.3 is 6.18 Å². The Hall–Kier alpha value is -2.33. The monoisotopic (exact) mass is 357 g/mol. The molecule has 4 heteroatoms. The second kappa shape index (κ2) is 7.92. The third-order valence-electron chi connectivity index (χ3n) is 4.67. The SMILES string of the molecule is CC(NCCCc1ccccc1C(F)(F)F)c1ccc2ccccc2c1. The highest BCUT2D eigenvalue weighted by atomic mass is 19.4. The summed E-state index contributed by atoms with van der Waals surface area (Å²) in [6.45, 7) is 2.74. The minimum absolute atomic E-state index is 0.150. The highest BCUT2D eigenvalue weighted by Gasteiger charge is 2.32. The van der Waals surface area contributed by atoms with Gasteiger partial charge in [0.15, 0.2) is 0 Å². The predicted octanol–water partition coefficient (Wildman–Crippen LogP) is 6.14. The summed E-state index contributed by atoms with van der Waals surface area (Å²) in [5, 5.41) is 5.80. The van der Waals surface area contributed by atoms with E-state index in [9.17, 15) is 13.2 Å². The van der Waals surface area contributed by atoms with E-state index in [2.05, 4.69) is 42.6 Å². The first-order valence-electron chi connectivity index (χ1n) is 8.82. The zero-order valence-electron chi connectivity index (χ0n) is 14.7. The van der Waals surface area contributed by atoms with Crippen LogP contribution in [-0.4, -0.2) is 6.54 Å². The van der Waals surface area contributed by atoms with E-state index in [0.29, 0.717) is 24.9 Å². The molecule has 0 fully saturated rings. The maximum Gasteiger partial charge on any atom is 0.416 e. The van der Waals surface area contributed by atoms with Crippen molar-refractivity contribution in [2.24, 2.45) is 0 Å². The Kier molecular flexibility index (Phi) is 5.62. The summed E-state index contributed by atoms with van der Waals surface area (Å²) in [5.41, 5.74) is 1.02. The van der Waals surface area contributed by atoms with Gasteiger partial charge < -0.3 is 5.32 Å². The van der Waals surface area contributed by atoms with Crippen LogP contribution < -0.4 is 5.32 Å². The minimum atomic E-state index is -4.29. The molecule has 0 saturated heterocycles. The molecular weight excluding hydrogens is 335 g/mol. The Morgan fingerprint density at radius 3 is 2.35 bits per heavy atom. The smallest absolute Gasteiger partial charge is 0.310 e. The van der Waals surface area contributed by atoms with Crippen molar-refractivity contribution in [3.63, 3.8) is 0 Å². The lowest BCUT2D eigenvalue weighted by Crippen LogP contribution is -2.20. The van der Waals surface area contributed by atoms with Crippen LogP contribution in [0, 0.1) is 0 Å². The van der Waals surface area contributed by atoms with Crippen molar-refractivity contribution >= 4 is 10.8 Å². The van der Waals surface area contributed by atoms with Crippen molar-refractivity contribution in [1.29, 1.82) is 0 Å². The molecule has 3 rings (SSSR count). The molecule has 0 radical (unpaired) electrons. The van der Waals surface area contributed by atoms with Crippen LogP contribution in [0.3, 0.4) is 0 Å². The van der Waals surface area contributed by atoms with Gasteiger partial charge in [-0.05, 0) is 60.3 Å². The highest BCUT2D eigenvalue weighted by Crippen LogP contribution is 2.32. The third kappa shape index (κ3) is 4.44. The van der Waals surface area contributed by atoms with E-state index in [4.69, 9.17) is 0 Å². The van der Waals surface area contributed by atoms with Crippen molar-refractivity contribution < 1.29 is 13.2 Å². The molecule has 0 aliphatic heterocycles. The number of hydrogen-bond acceptors (Lipinski definition) is 1. The molecule has 3 aromatic carbocycles. The molecule has 3 aromatic rings. The van der Waals surface area contributed by atoms with Crippen molar-refractivity contribution in [1.82, 2.24) is 5.32 Å². The molecule has 0 bridgehead atoms. The first kappa shape index (κ1) is 18.5. The normalized spacial score (nSPS) is 13.1. The molecule has 136 valence electrons. The van der Waals surface area contributed by atoms with Crippen LogP contribution in [0.1, 0.15) is 36.1 Å². The standard InChI is InChI=1S/C22H22F3N/c1-16(19-13-12-17-7-2-3-9-20(17)15-19)26-14-6-10-18-8-4-5-11-21(18)22(23,24)25/h2-5,7-9,11-13,15-16,26H,6,10,14H2,1H3. The van der Waals surface area contributed by atoms with Crippen LogP contribution in [-0.2, 0) is 12.6 Å². The highest BCUT2D eigenvalue weighted by molar-refractivity contribution is 5.83. The molecule has 26 heavy (non-hydrogen) atoms. The molecular formula is C22H22F3N. The van der Waals surface area contributed by atoms with Gasteiger partial charge in [-0.2, -0.15) is 13.2 Å². The largest absolute Gasteiger partial charge is 0.416 e. The fraction of sp³-hybridized carbons (Fsp3) is 0.273. The Labute approximate surface area is 151 Å². The predicted molar refractivity (Wildman–Crippen MR) is 100 cm³/mol. The topological polar surface area (TPSA) is 12.0 Å². The van der Waals surface area contributed by atoms with Crippen molar-refractivity contribution in [3.05, 3.63) is 83.4 Å². The number of fused-ring (bicyclic) bond motifs is 1. The average Bonchev–Trinajstić information content (AvgIpc) is 2.64. The molecule has 0 amide bonds. The maximum atomic E-state index is 13.0. The number of benzene rings is 3. The molecule has 0 aliphatic rings. The molecule has 1 nitrogen and oxygen atoms in total. The fourth-order valence-corrected chi connectivity index (χ4v) is 3.21. The molecule has 1 atom stereocenters. The average molecular weight is 357 g/mol. The zero-order chi connectivity index (χ0) is 18.6. The van der Waals surface area contributed by atoms with Crippen molar-refractivity contribution in [2.45, 2.75) is 32.0 Å². The quantitative estimate of drug-likeness (QED) is 0.522. The second-order valence-corrected chi connectivity index (χ2v) is 6.54. The van der Waals surface area contributed by atoms with Crippen LogP contribution in [0.4, 0.5) is 13.2 Å². The lowest BCUT2D eigenvalue weighted by atomic mass is 10.0. The second-order valence-electron chi connectivity index (χ2n) is 6.54. The minimum Gasteiger partial charge on any atom is -0.310 e. The molecule has 0 heterocycles. The molecule has 0 aliphatic carbocycles. The van der Waals surface area contributed by atoms with Gasteiger partial charge in [-0.3, -0.25) is 0 Å². The lowest BCUT2D eigenvalue weighted by molar-refractivity contribution is -0.138. The van der Waals surface area contributed by atoms with Crippen LogP contribution >= 0.6 is 0 Å². The van der Waals surface area contributed by atoms with Gasteiger partial charge in [-0.25, -0.2) is 0 Å². The first-order valence-corrected chi connectivity index (χ1v) is 8.82. The summed E-state index contributed by atoms with van der Waals surface area (Å²) in [7, 11) is 0. The Morgan fingerprint density at radius 2 is 1.58 bits per heavy atom. The van der Waals surface area contributed by atoms with E-state index in [1.807, 2.05) is 12.1 Å². The summed E-state index contributed by atoms with van der Waals surface area (Å²) >= 11 is 0. The van der Waals surface area contributed by atoms with E-state index in [1.165, 1.54) is 22.4 Å². The lowest BCUT2D eigenvalue weighted by Gasteiger charge is -2.16. The number of halogens is 3. The fourth-order valence-electron chi connectivity index (χ4n) is 3.21. The van der Waals surface area contributed by atoms with E-state index in [0.717, 1.165) is 6.07 Å². The van der Waals surface area contributed by atoms with Gasteiger partial charge in [0.25, 0.3) is 0 Å². The van der Waals surface area contributed by atoms with Crippen molar-refractivity contribution in [3.8, 4) is 0 Å². The Bertz CT molecular complexity index is 870. The number of nitrogens with one attached hydrogen (secondary N) is 1. The summed E-state index contributed by atoms with van der Waals surface area (Å²) in [4.78, 5) is 0. The number of alkyl halides is 3. The van der Waals surface area contributed by atoms with Crippen LogP contribution in [0.15, 0.2) is 66.7 Å². The van der Waals surface area contributed by atoms with Gasteiger partial charge in [0.05, 0.1) is 5.56 Å². The van der Waals surface area contributed by atoms with E-state index in [1.54, 1.807) is 12.1 Å². The van der Waals surface area contributed by atoms with Gasteiger partial charge in [0, 0.05) is 6.04 Å². The van der Waals surface area contributed by atoms with E-state index < -0.39 is 11.7 Å². The summed E-state index contributed by atoms with van der Waals surface area (Å²) < 4.78 is 39.1. The van der Waals surface area contributed by atoms with Crippen molar-refractivity contribution in [2.75, 3.05) is 6.54 Å². The maximum absolute atomic E-state index is 13.0. The Morgan fingerprint density at radius 1 is 0.885 bits per heavy atom. The molecule has 0 saturated carbocycles. The summed E-state index contributed by atoms with van der Waals surface area (Å²) in [5.74, 6) is 0. The number of rotatable bonds is 6. The molecule has 0 spiro atoms. The zero-order valence-corrected chi connectivity index (χ0v) is 14.7. The van der Waals surface area contributed by atoms with Crippen LogP contribution in [0.2, 0.25) is 0 Å². The first-order chi connectivity index (χ1) is 12.4. The molecule has 0 aromatic heterocycles. The van der Waals surface area contributed by atoms with Gasteiger partial charge in [-0.1, -0.05) is 54.6 Å². The van der Waals surface area contributed by atoms with E-state index in [-0.39, 0.29) is 6.04 Å². The van der Waals surface area contributed by atoms with Crippen LogP contribution in [0.25, 0.3) is 10.8 Å².